The van der Waals surface area contributed by atoms with Gasteiger partial charge in [-0.25, -0.2) is 22.4 Å². The monoisotopic (exact) mass is 656 g/mol. The summed E-state index contributed by atoms with van der Waals surface area (Å²) in [6.45, 7) is 8.33. The number of ether oxygens (including phenoxy) is 1. The van der Waals surface area contributed by atoms with Crippen LogP contribution in [0.3, 0.4) is 0 Å². The minimum Gasteiger partial charge on any atom is -0.444 e. The topological polar surface area (TPSA) is 122 Å². The van der Waals surface area contributed by atoms with E-state index in [-0.39, 0.29) is 55.2 Å². The Morgan fingerprint density at radius 2 is 1.88 bits per heavy atom. The van der Waals surface area contributed by atoms with Gasteiger partial charge < -0.3 is 14.6 Å². The van der Waals surface area contributed by atoms with Crippen LogP contribution >= 0.6 is 23.2 Å². The smallest absolute Gasteiger partial charge is 0.410 e. The second-order valence-electron chi connectivity index (χ2n) is 11.8. The third kappa shape index (κ3) is 7.42. The molecule has 1 atom stereocenters. The molecule has 0 unspecified atom stereocenters. The van der Waals surface area contributed by atoms with Gasteiger partial charge in [-0.05, 0) is 69.5 Å². The molecule has 1 aromatic heterocycles. The normalized spacial score (nSPS) is 16.1. The largest absolute Gasteiger partial charge is 0.444 e. The second-order valence-corrected chi connectivity index (χ2v) is 14.9. The van der Waals surface area contributed by atoms with Gasteiger partial charge in [0.25, 0.3) is 5.56 Å². The zero-order valence-electron chi connectivity index (χ0n) is 24.7. The number of aromatic amines is 1. The van der Waals surface area contributed by atoms with Gasteiger partial charge in [0.05, 0.1) is 33.1 Å². The summed E-state index contributed by atoms with van der Waals surface area (Å²) in [7, 11) is -2.01. The highest BCUT2D eigenvalue weighted by Crippen LogP contribution is 2.30. The number of hydrogen-bond donors (Lipinski definition) is 1. The van der Waals surface area contributed by atoms with E-state index in [4.69, 9.17) is 27.9 Å². The minimum absolute atomic E-state index is 0.00257. The average Bonchev–Trinajstić information content (AvgIpc) is 3.35. The standard InChI is InChI=1S/C29H35Cl2FN4O6S/c1-6-43(40,41)23-8-7-19(30)11-18(23)15-36-26(37)20-12-22(32)21(24(31)25(20)33-27(36)38)16-35-10-9-17(14-35)13-34(5)28(39)42-29(2,3)4/h7-8,11-12,17H,6,9-10,13-16H2,1-5H3,(H,33,38)/t17-/m0/s1. The molecule has 14 heteroatoms. The Bertz CT molecular complexity index is 1780. The number of H-pyrrole nitrogens is 1. The van der Waals surface area contributed by atoms with Crippen LogP contribution in [0.25, 0.3) is 10.9 Å². The van der Waals surface area contributed by atoms with Crippen molar-refractivity contribution in [3.8, 4) is 0 Å². The number of rotatable bonds is 8. The molecule has 3 aromatic rings. The molecule has 2 aromatic carbocycles. The van der Waals surface area contributed by atoms with Crippen molar-refractivity contribution in [2.24, 2.45) is 5.92 Å². The lowest BCUT2D eigenvalue weighted by Gasteiger charge is -2.26. The SMILES string of the molecule is CCS(=O)(=O)c1ccc(Cl)cc1Cn1c(=O)[nH]c2c(Cl)c(CN3CC[C@@H](CN(C)C(=O)OC(C)(C)C)C3)c(F)cc2c1=O. The Morgan fingerprint density at radius 3 is 2.53 bits per heavy atom. The van der Waals surface area contributed by atoms with Crippen molar-refractivity contribution in [1.29, 1.82) is 0 Å². The van der Waals surface area contributed by atoms with E-state index in [9.17, 15) is 22.8 Å². The van der Waals surface area contributed by atoms with Gasteiger partial charge in [-0.3, -0.25) is 14.3 Å². The number of carbonyl (C=O) groups is 1. The lowest BCUT2D eigenvalue weighted by atomic mass is 10.1. The van der Waals surface area contributed by atoms with Gasteiger partial charge in [0.1, 0.15) is 11.4 Å². The van der Waals surface area contributed by atoms with E-state index in [0.29, 0.717) is 19.6 Å². The Labute approximate surface area is 259 Å². The quantitative estimate of drug-likeness (QED) is 0.374. The summed E-state index contributed by atoms with van der Waals surface area (Å²) < 4.78 is 46.9. The van der Waals surface area contributed by atoms with Crippen LogP contribution in [0.1, 0.15) is 45.2 Å². The van der Waals surface area contributed by atoms with E-state index in [1.54, 1.807) is 27.8 Å². The maximum Gasteiger partial charge on any atom is 0.410 e. The summed E-state index contributed by atoms with van der Waals surface area (Å²) in [5, 5.41) is 0.00317. The van der Waals surface area contributed by atoms with Crippen molar-refractivity contribution in [3.63, 3.8) is 0 Å². The summed E-state index contributed by atoms with van der Waals surface area (Å²) in [5.41, 5.74) is -1.97. The number of nitrogens with one attached hydrogen (secondary N) is 1. The first kappa shape index (κ1) is 33.0. The molecule has 1 aliphatic rings. The van der Waals surface area contributed by atoms with Gasteiger partial charge in [-0.2, -0.15) is 0 Å². The Balaban J connectivity index is 1.59. The zero-order valence-corrected chi connectivity index (χ0v) is 27.0. The molecule has 43 heavy (non-hydrogen) atoms. The summed E-state index contributed by atoms with van der Waals surface area (Å²) in [6, 6.07) is 5.17. The fourth-order valence-electron chi connectivity index (χ4n) is 5.18. The first-order valence-electron chi connectivity index (χ1n) is 13.8. The number of halogens is 3. The molecule has 1 fully saturated rings. The van der Waals surface area contributed by atoms with Crippen molar-refractivity contribution in [1.82, 2.24) is 19.4 Å². The Kier molecular flexibility index (Phi) is 9.65. The lowest BCUT2D eigenvalue weighted by Crippen LogP contribution is -2.37. The molecule has 1 saturated heterocycles. The minimum atomic E-state index is -3.68. The third-order valence-corrected chi connectivity index (χ3v) is 9.80. The zero-order chi connectivity index (χ0) is 31.9. The molecular formula is C29H35Cl2FN4O6S. The first-order chi connectivity index (χ1) is 20.0. The molecule has 0 bridgehead atoms. The molecule has 0 aliphatic carbocycles. The van der Waals surface area contributed by atoms with E-state index in [1.807, 2.05) is 4.90 Å². The summed E-state index contributed by atoms with van der Waals surface area (Å²) in [6.07, 6.45) is 0.364. The third-order valence-electron chi connectivity index (χ3n) is 7.32. The number of nitrogens with zero attached hydrogens (tertiary/aromatic N) is 3. The number of fused-ring (bicyclic) bond motifs is 1. The van der Waals surface area contributed by atoms with Crippen LogP contribution in [-0.4, -0.2) is 71.9 Å². The van der Waals surface area contributed by atoms with E-state index in [1.165, 1.54) is 30.0 Å². The fraction of sp³-hybridized carbons (Fsp3) is 0.483. The van der Waals surface area contributed by atoms with Gasteiger partial charge >= 0.3 is 11.8 Å². The van der Waals surface area contributed by atoms with E-state index in [0.717, 1.165) is 17.1 Å². The predicted octanol–water partition coefficient (Wildman–Crippen LogP) is 4.67. The molecule has 4 rings (SSSR count). The molecule has 2 heterocycles. The van der Waals surface area contributed by atoms with Crippen molar-refractivity contribution in [2.45, 2.75) is 57.7 Å². The van der Waals surface area contributed by atoms with Gasteiger partial charge in [0.2, 0.25) is 0 Å². The lowest BCUT2D eigenvalue weighted by molar-refractivity contribution is 0.0274. The number of amides is 1. The Morgan fingerprint density at radius 1 is 1.19 bits per heavy atom. The van der Waals surface area contributed by atoms with Crippen molar-refractivity contribution < 1.29 is 22.3 Å². The van der Waals surface area contributed by atoms with Gasteiger partial charge in [0.15, 0.2) is 9.84 Å². The maximum absolute atomic E-state index is 15.4. The van der Waals surface area contributed by atoms with E-state index in [2.05, 4.69) is 4.98 Å². The molecule has 1 N–H and O–H groups in total. The van der Waals surface area contributed by atoms with Crippen LogP contribution in [0.2, 0.25) is 10.0 Å². The van der Waals surface area contributed by atoms with Gasteiger partial charge in [-0.15, -0.1) is 0 Å². The molecule has 10 nitrogen and oxygen atoms in total. The molecule has 0 radical (unpaired) electrons. The molecule has 1 amide bonds. The van der Waals surface area contributed by atoms with Crippen molar-refractivity contribution in [3.05, 3.63) is 72.1 Å². The molecular weight excluding hydrogens is 622 g/mol. The molecule has 234 valence electrons. The average molecular weight is 658 g/mol. The van der Waals surface area contributed by atoms with E-state index < -0.39 is 45.1 Å². The molecule has 1 aliphatic heterocycles. The first-order valence-corrected chi connectivity index (χ1v) is 16.2. The van der Waals surface area contributed by atoms with Crippen LogP contribution < -0.4 is 11.2 Å². The number of aromatic nitrogens is 2. The van der Waals surface area contributed by atoms with Crippen LogP contribution in [0, 0.1) is 11.7 Å². The number of sulfone groups is 1. The number of hydrogen-bond acceptors (Lipinski definition) is 7. The van der Waals surface area contributed by atoms with Crippen LogP contribution in [0.5, 0.6) is 0 Å². The fourth-order valence-corrected chi connectivity index (χ4v) is 6.79. The number of carbonyl (C=O) groups excluding carboxylic acids is 1. The van der Waals surface area contributed by atoms with Crippen LogP contribution in [0.15, 0.2) is 38.8 Å². The summed E-state index contributed by atoms with van der Waals surface area (Å²) in [4.78, 5) is 44.9. The molecule has 0 spiro atoms. The highest BCUT2D eigenvalue weighted by molar-refractivity contribution is 7.91. The second kappa shape index (κ2) is 12.6. The van der Waals surface area contributed by atoms with Crippen LogP contribution in [0.4, 0.5) is 9.18 Å². The predicted molar refractivity (Wildman–Crippen MR) is 164 cm³/mol. The highest BCUT2D eigenvalue weighted by atomic mass is 35.5. The number of likely N-dealkylation sites (tertiary alicyclic amines) is 1. The van der Waals surface area contributed by atoms with Crippen molar-refractivity contribution >= 4 is 50.0 Å². The van der Waals surface area contributed by atoms with Gasteiger partial charge in [-0.1, -0.05) is 30.1 Å². The van der Waals surface area contributed by atoms with Crippen molar-refractivity contribution in [2.75, 3.05) is 32.4 Å². The van der Waals surface area contributed by atoms with E-state index >= 15 is 4.39 Å². The van der Waals surface area contributed by atoms with Gasteiger partial charge in [0, 0.05) is 37.3 Å². The number of benzene rings is 2. The maximum atomic E-state index is 15.4. The van der Waals surface area contributed by atoms with Crippen LogP contribution in [-0.2, 0) is 27.7 Å². The highest BCUT2D eigenvalue weighted by Gasteiger charge is 2.29. The molecule has 0 saturated carbocycles. The summed E-state index contributed by atoms with van der Waals surface area (Å²) in [5.74, 6) is -0.758. The summed E-state index contributed by atoms with van der Waals surface area (Å²) >= 11 is 12.7. The Hall–Kier alpha value is -2.93.